The molecule has 3 nitrogen and oxygen atoms in total. The lowest BCUT2D eigenvalue weighted by atomic mass is 9.73. The van der Waals surface area contributed by atoms with E-state index in [-0.39, 0.29) is 0 Å². The van der Waals surface area contributed by atoms with Crippen molar-refractivity contribution in [3.05, 3.63) is 35.5 Å². The second kappa shape index (κ2) is 4.36. The molecule has 0 bridgehead atoms. The van der Waals surface area contributed by atoms with E-state index in [1.54, 1.807) is 5.56 Å². The van der Waals surface area contributed by atoms with E-state index in [1.165, 1.54) is 22.9 Å². The Hall–Kier alpha value is -1.32. The molecule has 0 amide bonds. The largest absolute Gasteiger partial charge is 0.361 e. The van der Waals surface area contributed by atoms with E-state index in [0.717, 1.165) is 31.8 Å². The summed E-state index contributed by atoms with van der Waals surface area (Å²) in [4.78, 5) is 3.42. The number of fused-ring (bicyclic) bond motifs is 2. The predicted octanol–water partition coefficient (Wildman–Crippen LogP) is 2.13. The maximum Gasteiger partial charge on any atom is 0.0459 e. The smallest absolute Gasteiger partial charge is 0.0459 e. The number of aromatic amines is 1. The summed E-state index contributed by atoms with van der Waals surface area (Å²) in [5, 5.41) is 5.25. The van der Waals surface area contributed by atoms with Gasteiger partial charge in [0.05, 0.1) is 0 Å². The normalized spacial score (nSPS) is 29.4. The Morgan fingerprint density at radius 3 is 3.16 bits per heavy atom. The van der Waals surface area contributed by atoms with Gasteiger partial charge in [-0.1, -0.05) is 12.1 Å². The quantitative estimate of drug-likeness (QED) is 0.770. The highest BCUT2D eigenvalue weighted by molar-refractivity contribution is 5.88. The van der Waals surface area contributed by atoms with Gasteiger partial charge in [0.1, 0.15) is 0 Å². The summed E-state index contributed by atoms with van der Waals surface area (Å²) in [5.41, 5.74) is 10.1. The van der Waals surface area contributed by atoms with Crippen LogP contribution in [0.3, 0.4) is 0 Å². The van der Waals surface area contributed by atoms with Crippen molar-refractivity contribution in [1.29, 1.82) is 0 Å². The van der Waals surface area contributed by atoms with E-state index in [4.69, 9.17) is 5.73 Å². The van der Waals surface area contributed by atoms with Crippen LogP contribution in [0, 0.1) is 5.92 Å². The predicted molar refractivity (Wildman–Crippen MR) is 78.3 cm³/mol. The lowest BCUT2D eigenvalue weighted by Gasteiger charge is -2.40. The molecule has 0 spiro atoms. The number of rotatable bonds is 2. The molecule has 3 heteroatoms. The molecule has 0 saturated carbocycles. The lowest BCUT2D eigenvalue weighted by molar-refractivity contribution is 0.260. The van der Waals surface area contributed by atoms with Gasteiger partial charge in [-0.3, -0.25) is 0 Å². The zero-order valence-electron chi connectivity index (χ0n) is 11.2. The highest BCUT2D eigenvalue weighted by atomic mass is 14.9. The topological polar surface area (TPSA) is 53.8 Å². The molecular formula is C16H21N3. The van der Waals surface area contributed by atoms with Gasteiger partial charge >= 0.3 is 0 Å². The van der Waals surface area contributed by atoms with Gasteiger partial charge in [0.2, 0.25) is 0 Å². The average Bonchev–Trinajstić information content (AvgIpc) is 2.85. The molecule has 4 rings (SSSR count). The molecule has 2 aromatic rings. The summed E-state index contributed by atoms with van der Waals surface area (Å²) in [6, 6.07) is 7.31. The van der Waals surface area contributed by atoms with Gasteiger partial charge < -0.3 is 16.0 Å². The third kappa shape index (κ3) is 1.72. The Bertz CT molecular complexity index is 601. The SMILES string of the molecule is NCCC1CN[C@@H]2Cc3c[nH]c4cccc(c34)[C@H]2C1. The first-order valence-electron chi connectivity index (χ1n) is 7.39. The number of benzene rings is 1. The Morgan fingerprint density at radius 2 is 2.26 bits per heavy atom. The van der Waals surface area contributed by atoms with E-state index < -0.39 is 0 Å². The monoisotopic (exact) mass is 255 g/mol. The van der Waals surface area contributed by atoms with Crippen molar-refractivity contribution in [3.63, 3.8) is 0 Å². The molecule has 4 N–H and O–H groups in total. The molecule has 100 valence electrons. The number of piperidine rings is 1. The molecule has 1 saturated heterocycles. The maximum atomic E-state index is 5.73. The van der Waals surface area contributed by atoms with Crippen molar-refractivity contribution in [2.45, 2.75) is 31.2 Å². The van der Waals surface area contributed by atoms with Crippen LogP contribution >= 0.6 is 0 Å². The van der Waals surface area contributed by atoms with Gasteiger partial charge in [-0.05, 0) is 55.5 Å². The fourth-order valence-electron chi connectivity index (χ4n) is 4.07. The fraction of sp³-hybridized carbons (Fsp3) is 0.500. The van der Waals surface area contributed by atoms with Crippen molar-refractivity contribution in [2.75, 3.05) is 13.1 Å². The number of aromatic nitrogens is 1. The molecule has 1 aromatic carbocycles. The number of nitrogens with two attached hydrogens (primary N) is 1. The standard InChI is InChI=1S/C16H21N3/c17-5-4-10-6-13-12-2-1-3-14-16(12)11(9-19-14)7-15(13)18-8-10/h1-3,9-10,13,15,18-19H,4-8,17H2/t10?,13-,15-/m1/s1. The zero-order valence-corrected chi connectivity index (χ0v) is 11.2. The molecule has 19 heavy (non-hydrogen) atoms. The molecule has 3 atom stereocenters. The zero-order chi connectivity index (χ0) is 12.8. The van der Waals surface area contributed by atoms with Crippen LogP contribution in [-0.2, 0) is 6.42 Å². The van der Waals surface area contributed by atoms with Crippen LogP contribution in [0.2, 0.25) is 0 Å². The maximum absolute atomic E-state index is 5.73. The minimum atomic E-state index is 0.614. The first-order valence-corrected chi connectivity index (χ1v) is 7.39. The second-order valence-electron chi connectivity index (χ2n) is 6.09. The van der Waals surface area contributed by atoms with Crippen LogP contribution in [0.25, 0.3) is 10.9 Å². The average molecular weight is 255 g/mol. The minimum absolute atomic E-state index is 0.614. The number of nitrogens with one attached hydrogen (secondary N) is 2. The highest BCUT2D eigenvalue weighted by Crippen LogP contribution is 2.42. The molecule has 1 aromatic heterocycles. The summed E-state index contributed by atoms with van der Waals surface area (Å²) < 4.78 is 0. The van der Waals surface area contributed by atoms with Gasteiger partial charge in [-0.2, -0.15) is 0 Å². The van der Waals surface area contributed by atoms with Crippen molar-refractivity contribution in [1.82, 2.24) is 10.3 Å². The minimum Gasteiger partial charge on any atom is -0.361 e. The Balaban J connectivity index is 1.76. The molecule has 2 aliphatic rings. The summed E-state index contributed by atoms with van der Waals surface area (Å²) >= 11 is 0. The first-order chi connectivity index (χ1) is 9.36. The molecule has 1 aliphatic carbocycles. The molecule has 0 radical (unpaired) electrons. The van der Waals surface area contributed by atoms with E-state index in [9.17, 15) is 0 Å². The fourth-order valence-corrected chi connectivity index (χ4v) is 4.07. The number of hydrogen-bond acceptors (Lipinski definition) is 2. The van der Waals surface area contributed by atoms with Crippen LogP contribution in [0.15, 0.2) is 24.4 Å². The number of H-pyrrole nitrogens is 1. The van der Waals surface area contributed by atoms with E-state index in [2.05, 4.69) is 34.7 Å². The number of hydrogen-bond donors (Lipinski definition) is 3. The van der Waals surface area contributed by atoms with Crippen molar-refractivity contribution < 1.29 is 0 Å². The van der Waals surface area contributed by atoms with E-state index in [1.807, 2.05) is 0 Å². The lowest BCUT2D eigenvalue weighted by Crippen LogP contribution is -2.47. The van der Waals surface area contributed by atoms with Gasteiger partial charge in [0, 0.05) is 29.1 Å². The van der Waals surface area contributed by atoms with E-state index >= 15 is 0 Å². The summed E-state index contributed by atoms with van der Waals surface area (Å²) in [6.45, 7) is 1.94. The van der Waals surface area contributed by atoms with Gasteiger partial charge in [0.25, 0.3) is 0 Å². The Kier molecular flexibility index (Phi) is 2.64. The van der Waals surface area contributed by atoms with Gasteiger partial charge in [-0.15, -0.1) is 0 Å². The third-order valence-electron chi connectivity index (χ3n) is 4.98. The van der Waals surface area contributed by atoms with Crippen LogP contribution in [0.4, 0.5) is 0 Å². The van der Waals surface area contributed by atoms with E-state index in [0.29, 0.717) is 12.0 Å². The van der Waals surface area contributed by atoms with Crippen LogP contribution in [-0.4, -0.2) is 24.1 Å². The molecule has 1 fully saturated rings. The second-order valence-corrected chi connectivity index (χ2v) is 6.09. The van der Waals surface area contributed by atoms with Gasteiger partial charge in [0.15, 0.2) is 0 Å². The summed E-state index contributed by atoms with van der Waals surface area (Å²) in [6.07, 6.45) is 5.79. The highest BCUT2D eigenvalue weighted by Gasteiger charge is 2.35. The summed E-state index contributed by atoms with van der Waals surface area (Å²) in [5.74, 6) is 1.40. The summed E-state index contributed by atoms with van der Waals surface area (Å²) in [7, 11) is 0. The Morgan fingerprint density at radius 1 is 1.32 bits per heavy atom. The van der Waals surface area contributed by atoms with Crippen LogP contribution in [0.1, 0.15) is 29.9 Å². The van der Waals surface area contributed by atoms with Crippen molar-refractivity contribution in [2.24, 2.45) is 11.7 Å². The van der Waals surface area contributed by atoms with Crippen LogP contribution in [0.5, 0.6) is 0 Å². The third-order valence-corrected chi connectivity index (χ3v) is 4.98. The van der Waals surface area contributed by atoms with Crippen LogP contribution < -0.4 is 11.1 Å². The van der Waals surface area contributed by atoms with Crippen molar-refractivity contribution in [3.8, 4) is 0 Å². The Labute approximate surface area is 113 Å². The van der Waals surface area contributed by atoms with Gasteiger partial charge in [-0.25, -0.2) is 0 Å². The molecule has 1 unspecified atom stereocenters. The first kappa shape index (κ1) is 11.5. The molecular weight excluding hydrogens is 234 g/mol. The molecule has 2 heterocycles. The molecule has 1 aliphatic heterocycles. The van der Waals surface area contributed by atoms with Crippen molar-refractivity contribution >= 4 is 10.9 Å².